The van der Waals surface area contributed by atoms with Crippen molar-refractivity contribution in [3.63, 3.8) is 0 Å². The molecule has 33 heavy (non-hydrogen) atoms. The van der Waals surface area contributed by atoms with Gasteiger partial charge in [-0.05, 0) is 56.6 Å². The molecule has 4 rings (SSSR count). The summed E-state index contributed by atoms with van der Waals surface area (Å²) in [5.74, 6) is -1.53. The van der Waals surface area contributed by atoms with Gasteiger partial charge in [-0.15, -0.1) is 0 Å². The largest absolute Gasteiger partial charge is 0.418 e. The van der Waals surface area contributed by atoms with Crippen molar-refractivity contribution < 1.29 is 31.1 Å². The molecule has 1 amide bonds. The quantitative estimate of drug-likeness (QED) is 0.613. The van der Waals surface area contributed by atoms with Crippen molar-refractivity contribution >= 4 is 16.9 Å². The van der Waals surface area contributed by atoms with Crippen LogP contribution in [0.5, 0.6) is 0 Å². The second kappa shape index (κ2) is 8.72. The predicted octanol–water partition coefficient (Wildman–Crippen LogP) is 5.27. The number of hydrogen-bond donors (Lipinski definition) is 1. The molecule has 0 radical (unpaired) electrons. The molecule has 2 fully saturated rings. The summed E-state index contributed by atoms with van der Waals surface area (Å²) in [6.45, 7) is 0.573. The number of likely N-dealkylation sites (tertiary alicyclic amines) is 1. The van der Waals surface area contributed by atoms with Gasteiger partial charge >= 0.3 is 18.0 Å². The highest BCUT2D eigenvalue weighted by Gasteiger charge is 2.42. The fourth-order valence-electron chi connectivity index (χ4n) is 5.20. The normalized spacial score (nSPS) is 23.3. The maximum Gasteiger partial charge on any atom is 0.418 e. The number of carbonyl (C=O) groups excluding carboxylic acids is 1. The lowest BCUT2D eigenvalue weighted by Gasteiger charge is -2.35. The van der Waals surface area contributed by atoms with Crippen LogP contribution in [0, 0.1) is 11.8 Å². The summed E-state index contributed by atoms with van der Waals surface area (Å²) in [6, 6.07) is 3.13. The lowest BCUT2D eigenvalue weighted by Crippen LogP contribution is -2.41. The number of amides is 1. The van der Waals surface area contributed by atoms with E-state index < -0.39 is 35.6 Å². The van der Waals surface area contributed by atoms with Crippen molar-refractivity contribution in [3.8, 4) is 0 Å². The minimum absolute atomic E-state index is 0.0363. The van der Waals surface area contributed by atoms with Crippen LogP contribution in [0.2, 0.25) is 0 Å². The summed E-state index contributed by atoms with van der Waals surface area (Å²) in [5, 5.41) is 0. The van der Waals surface area contributed by atoms with Crippen molar-refractivity contribution in [1.82, 2.24) is 14.5 Å². The maximum absolute atomic E-state index is 13.5. The van der Waals surface area contributed by atoms with Crippen LogP contribution in [-0.2, 0) is 11.0 Å². The Bertz CT molecular complexity index is 1050. The third-order valence-corrected chi connectivity index (χ3v) is 7.00. The number of aromatic amines is 1. The Morgan fingerprint density at radius 3 is 2.18 bits per heavy atom. The molecule has 5 nitrogen and oxygen atoms in total. The number of nitrogens with zero attached hydrogens (tertiary/aromatic N) is 2. The van der Waals surface area contributed by atoms with E-state index in [2.05, 4.69) is 4.98 Å². The number of hydrogen-bond acceptors (Lipinski definition) is 2. The molecule has 182 valence electrons. The molecule has 1 aromatic heterocycles. The number of rotatable bonds is 3. The topological polar surface area (TPSA) is 58.1 Å². The summed E-state index contributed by atoms with van der Waals surface area (Å²) in [4.78, 5) is 29.2. The minimum atomic E-state index is -4.61. The SMILES string of the molecule is O=C(C[C@H]1CC[C@H](C(F)(F)F)CC1)N1CCC(n2c(=O)[nH]c3cccc(C(F)(F)F)c32)CC1. The number of alkyl halides is 6. The molecule has 1 aromatic carbocycles. The number of H-pyrrole nitrogens is 1. The molecule has 11 heteroatoms. The second-order valence-electron chi connectivity index (χ2n) is 9.08. The second-order valence-corrected chi connectivity index (χ2v) is 9.08. The fourth-order valence-corrected chi connectivity index (χ4v) is 5.20. The van der Waals surface area contributed by atoms with Crippen LogP contribution < -0.4 is 5.69 Å². The van der Waals surface area contributed by atoms with Crippen LogP contribution in [-0.4, -0.2) is 39.6 Å². The van der Waals surface area contributed by atoms with Crippen molar-refractivity contribution in [3.05, 3.63) is 34.2 Å². The highest BCUT2D eigenvalue weighted by atomic mass is 19.4. The van der Waals surface area contributed by atoms with Crippen LogP contribution >= 0.6 is 0 Å². The van der Waals surface area contributed by atoms with Crippen LogP contribution in [0.25, 0.3) is 11.0 Å². The van der Waals surface area contributed by atoms with E-state index in [9.17, 15) is 35.9 Å². The highest BCUT2D eigenvalue weighted by Crippen LogP contribution is 2.41. The number of halogens is 6. The van der Waals surface area contributed by atoms with Crippen LogP contribution in [0.1, 0.15) is 56.6 Å². The molecule has 1 saturated heterocycles. The van der Waals surface area contributed by atoms with E-state index in [4.69, 9.17) is 0 Å². The van der Waals surface area contributed by atoms with Gasteiger partial charge in [0, 0.05) is 25.6 Å². The van der Waals surface area contributed by atoms with E-state index in [0.717, 1.165) is 10.6 Å². The number of piperidine rings is 1. The number of benzene rings is 1. The average Bonchev–Trinajstić information content (AvgIpc) is 3.08. The summed E-state index contributed by atoms with van der Waals surface area (Å²) in [6.07, 6.45) is -7.18. The molecule has 2 aliphatic rings. The van der Waals surface area contributed by atoms with Gasteiger partial charge in [-0.1, -0.05) is 6.07 Å². The zero-order valence-electron chi connectivity index (χ0n) is 17.8. The Labute approximate surface area is 185 Å². The Morgan fingerprint density at radius 1 is 0.970 bits per heavy atom. The number of fused-ring (bicyclic) bond motifs is 1. The zero-order valence-corrected chi connectivity index (χ0v) is 17.8. The Morgan fingerprint density at radius 2 is 1.61 bits per heavy atom. The van der Waals surface area contributed by atoms with E-state index in [1.165, 1.54) is 12.1 Å². The van der Waals surface area contributed by atoms with Crippen molar-refractivity contribution in [2.24, 2.45) is 11.8 Å². The predicted molar refractivity (Wildman–Crippen MR) is 109 cm³/mol. The first-order valence-corrected chi connectivity index (χ1v) is 11.1. The third-order valence-electron chi connectivity index (χ3n) is 7.00. The monoisotopic (exact) mass is 477 g/mol. The Balaban J connectivity index is 1.40. The number of nitrogens with one attached hydrogen (secondary N) is 1. The fraction of sp³-hybridized carbons (Fsp3) is 0.636. The first-order chi connectivity index (χ1) is 15.4. The summed E-state index contributed by atoms with van der Waals surface area (Å²) >= 11 is 0. The van der Waals surface area contributed by atoms with Crippen molar-refractivity contribution in [1.29, 1.82) is 0 Å². The lowest BCUT2D eigenvalue weighted by atomic mass is 9.80. The van der Waals surface area contributed by atoms with E-state index in [0.29, 0.717) is 25.7 Å². The first-order valence-electron chi connectivity index (χ1n) is 11.1. The van der Waals surface area contributed by atoms with E-state index >= 15 is 0 Å². The van der Waals surface area contributed by atoms with Gasteiger partial charge in [-0.25, -0.2) is 4.79 Å². The maximum atomic E-state index is 13.5. The molecule has 1 aliphatic heterocycles. The van der Waals surface area contributed by atoms with E-state index in [1.807, 2.05) is 0 Å². The van der Waals surface area contributed by atoms with Gasteiger partial charge in [-0.2, -0.15) is 26.3 Å². The standard InChI is InChI=1S/C22H25F6N3O2/c23-21(24,25)14-6-4-13(5-7-14)12-18(32)30-10-8-15(9-11-30)31-19-16(22(26,27)28)2-1-3-17(19)29-20(31)33/h1-3,13-15H,4-12H2,(H,29,33)/t13-,14-. The molecule has 2 aromatic rings. The number of aromatic nitrogens is 2. The van der Waals surface area contributed by atoms with Gasteiger partial charge < -0.3 is 9.88 Å². The molecule has 0 spiro atoms. The van der Waals surface area contributed by atoms with Gasteiger partial charge in [-0.3, -0.25) is 9.36 Å². The molecule has 1 saturated carbocycles. The van der Waals surface area contributed by atoms with Crippen LogP contribution in [0.3, 0.4) is 0 Å². The number of carbonyl (C=O) groups is 1. The summed E-state index contributed by atoms with van der Waals surface area (Å²) in [5.41, 5.74) is -1.57. The van der Waals surface area contributed by atoms with Gasteiger partial charge in [0.2, 0.25) is 5.91 Å². The summed E-state index contributed by atoms with van der Waals surface area (Å²) < 4.78 is 80.2. The molecule has 0 bridgehead atoms. The number of imidazole rings is 1. The zero-order chi connectivity index (χ0) is 24.0. The molecular formula is C22H25F6N3O2. The first kappa shape index (κ1) is 23.7. The molecule has 2 heterocycles. The Hall–Kier alpha value is -2.46. The molecule has 0 unspecified atom stereocenters. The van der Waals surface area contributed by atoms with Crippen LogP contribution in [0.15, 0.2) is 23.0 Å². The Kier molecular flexibility index (Phi) is 6.26. The van der Waals surface area contributed by atoms with Gasteiger partial charge in [0.05, 0.1) is 22.5 Å². The third kappa shape index (κ3) is 4.91. The molecule has 1 aliphatic carbocycles. The van der Waals surface area contributed by atoms with Gasteiger partial charge in [0.15, 0.2) is 0 Å². The molecule has 0 atom stereocenters. The van der Waals surface area contributed by atoms with E-state index in [-0.39, 0.29) is 55.2 Å². The molecular weight excluding hydrogens is 452 g/mol. The smallest absolute Gasteiger partial charge is 0.343 e. The molecule has 1 N–H and O–H groups in total. The number of para-hydroxylation sites is 1. The lowest BCUT2D eigenvalue weighted by molar-refractivity contribution is -0.184. The van der Waals surface area contributed by atoms with Gasteiger partial charge in [0.1, 0.15) is 0 Å². The van der Waals surface area contributed by atoms with Crippen molar-refractivity contribution in [2.45, 2.75) is 63.3 Å². The highest BCUT2D eigenvalue weighted by molar-refractivity contribution is 5.80. The van der Waals surface area contributed by atoms with Gasteiger partial charge in [0.25, 0.3) is 0 Å². The van der Waals surface area contributed by atoms with Crippen molar-refractivity contribution in [2.75, 3.05) is 13.1 Å². The van der Waals surface area contributed by atoms with Crippen LogP contribution in [0.4, 0.5) is 26.3 Å². The van der Waals surface area contributed by atoms with E-state index in [1.54, 1.807) is 4.90 Å². The minimum Gasteiger partial charge on any atom is -0.343 e. The average molecular weight is 477 g/mol. The summed E-state index contributed by atoms with van der Waals surface area (Å²) in [7, 11) is 0.